The van der Waals surface area contributed by atoms with Gasteiger partial charge >= 0.3 is 0 Å². The molecular weight excluding hydrogens is 266 g/mol. The number of aromatic nitrogens is 3. The van der Waals surface area contributed by atoms with Gasteiger partial charge in [0.15, 0.2) is 0 Å². The summed E-state index contributed by atoms with van der Waals surface area (Å²) in [6.07, 6.45) is 1.74. The van der Waals surface area contributed by atoms with E-state index in [0.29, 0.717) is 18.1 Å². The van der Waals surface area contributed by atoms with E-state index in [0.717, 1.165) is 11.3 Å². The van der Waals surface area contributed by atoms with Gasteiger partial charge in [0.2, 0.25) is 0 Å². The second-order valence-corrected chi connectivity index (χ2v) is 4.01. The molecule has 2 heterocycles. The highest BCUT2D eigenvalue weighted by Gasteiger charge is 2.09. The Hall–Kier alpha value is -2.08. The van der Waals surface area contributed by atoms with Crippen LogP contribution < -0.4 is 11.1 Å². The van der Waals surface area contributed by atoms with Gasteiger partial charge in [-0.25, -0.2) is 4.98 Å². The lowest BCUT2D eigenvalue weighted by Crippen LogP contribution is -2.24. The highest BCUT2D eigenvalue weighted by molar-refractivity contribution is 5.92. The summed E-state index contributed by atoms with van der Waals surface area (Å²) in [4.78, 5) is 15.8. The maximum atomic E-state index is 11.8. The summed E-state index contributed by atoms with van der Waals surface area (Å²) in [5, 5.41) is 6.90. The van der Waals surface area contributed by atoms with Crippen LogP contribution in [0, 0.1) is 6.92 Å². The van der Waals surface area contributed by atoms with Gasteiger partial charge in [-0.1, -0.05) is 6.07 Å². The number of nitrogens with one attached hydrogen (secondary N) is 1. The molecule has 102 valence electrons. The Labute approximate surface area is 117 Å². The number of aryl methyl sites for hydroxylation is 1. The number of rotatable bonds is 3. The largest absolute Gasteiger partial charge is 0.384 e. The van der Waals surface area contributed by atoms with Crippen molar-refractivity contribution in [3.05, 3.63) is 41.3 Å². The molecule has 1 amide bonds. The van der Waals surface area contributed by atoms with E-state index in [1.54, 1.807) is 29.1 Å². The summed E-state index contributed by atoms with van der Waals surface area (Å²) in [6.45, 7) is 2.38. The Morgan fingerprint density at radius 1 is 1.47 bits per heavy atom. The fourth-order valence-electron chi connectivity index (χ4n) is 1.56. The Bertz CT molecular complexity index is 581. The van der Waals surface area contributed by atoms with E-state index in [1.807, 2.05) is 14.0 Å². The summed E-state index contributed by atoms with van der Waals surface area (Å²) in [6, 6.07) is 4.97. The quantitative estimate of drug-likeness (QED) is 0.881. The van der Waals surface area contributed by atoms with Crippen molar-refractivity contribution in [1.82, 2.24) is 20.1 Å². The van der Waals surface area contributed by atoms with Gasteiger partial charge in [0.1, 0.15) is 11.5 Å². The molecule has 3 N–H and O–H groups in total. The molecule has 0 aromatic carbocycles. The molecule has 2 rings (SSSR count). The van der Waals surface area contributed by atoms with Crippen LogP contribution in [0.3, 0.4) is 0 Å². The van der Waals surface area contributed by atoms with E-state index in [9.17, 15) is 4.79 Å². The number of amides is 1. The second kappa shape index (κ2) is 6.19. The lowest BCUT2D eigenvalue weighted by atomic mass is 10.2. The van der Waals surface area contributed by atoms with Crippen molar-refractivity contribution in [3.8, 4) is 0 Å². The number of hydrogen-bond donors (Lipinski definition) is 2. The maximum absolute atomic E-state index is 11.8. The molecule has 0 aliphatic heterocycles. The highest BCUT2D eigenvalue weighted by Crippen LogP contribution is 2.06. The molecular formula is C12H16ClN5O. The lowest BCUT2D eigenvalue weighted by molar-refractivity contribution is 0.0946. The summed E-state index contributed by atoms with van der Waals surface area (Å²) in [5.41, 5.74) is 7.85. The third-order valence-electron chi connectivity index (χ3n) is 2.78. The first-order valence-corrected chi connectivity index (χ1v) is 5.56. The zero-order valence-electron chi connectivity index (χ0n) is 10.8. The molecule has 0 radical (unpaired) electrons. The molecule has 19 heavy (non-hydrogen) atoms. The van der Waals surface area contributed by atoms with Crippen LogP contribution in [0.15, 0.2) is 24.4 Å². The van der Waals surface area contributed by atoms with Crippen LogP contribution in [0.25, 0.3) is 0 Å². The van der Waals surface area contributed by atoms with Crippen LogP contribution in [-0.2, 0) is 13.6 Å². The zero-order valence-corrected chi connectivity index (χ0v) is 11.6. The van der Waals surface area contributed by atoms with E-state index in [2.05, 4.69) is 15.4 Å². The first-order chi connectivity index (χ1) is 8.58. The SMILES string of the molecule is Cc1c(CNC(=O)c2cccc(N)n2)cnn1C.Cl. The van der Waals surface area contributed by atoms with E-state index >= 15 is 0 Å². The van der Waals surface area contributed by atoms with E-state index in [4.69, 9.17) is 5.73 Å². The minimum atomic E-state index is -0.245. The van der Waals surface area contributed by atoms with Gasteiger partial charge in [0.25, 0.3) is 5.91 Å². The number of halogens is 1. The standard InChI is InChI=1S/C12H15N5O.ClH/c1-8-9(7-15-17(8)2)6-14-12(18)10-4-3-5-11(13)16-10;/h3-5,7H,6H2,1-2H3,(H2,13,16)(H,14,18);1H. The minimum Gasteiger partial charge on any atom is -0.384 e. The maximum Gasteiger partial charge on any atom is 0.270 e. The molecule has 0 atom stereocenters. The molecule has 0 aliphatic rings. The molecule has 0 saturated carbocycles. The number of carbonyl (C=O) groups is 1. The topological polar surface area (TPSA) is 85.8 Å². The molecule has 0 spiro atoms. The van der Waals surface area contributed by atoms with E-state index in [-0.39, 0.29) is 18.3 Å². The Kier molecular flexibility index (Phi) is 4.88. The number of hydrogen-bond acceptors (Lipinski definition) is 4. The second-order valence-electron chi connectivity index (χ2n) is 4.01. The van der Waals surface area contributed by atoms with Crippen LogP contribution >= 0.6 is 12.4 Å². The van der Waals surface area contributed by atoms with Gasteiger partial charge in [-0.05, 0) is 19.1 Å². The molecule has 0 bridgehead atoms. The lowest BCUT2D eigenvalue weighted by Gasteiger charge is -2.04. The molecule has 2 aromatic rings. The number of pyridine rings is 1. The molecule has 0 saturated heterocycles. The summed E-state index contributed by atoms with van der Waals surface area (Å²) < 4.78 is 1.76. The Morgan fingerprint density at radius 3 is 2.79 bits per heavy atom. The molecule has 0 fully saturated rings. The van der Waals surface area contributed by atoms with Gasteiger partial charge in [-0.2, -0.15) is 5.10 Å². The van der Waals surface area contributed by atoms with E-state index in [1.165, 1.54) is 0 Å². The number of nitrogens with two attached hydrogens (primary N) is 1. The molecule has 6 nitrogen and oxygen atoms in total. The van der Waals surface area contributed by atoms with Crippen molar-refractivity contribution in [2.75, 3.05) is 5.73 Å². The van der Waals surface area contributed by atoms with Crippen molar-refractivity contribution >= 4 is 24.1 Å². The van der Waals surface area contributed by atoms with Crippen molar-refractivity contribution in [3.63, 3.8) is 0 Å². The number of carbonyl (C=O) groups excluding carboxylic acids is 1. The third-order valence-corrected chi connectivity index (χ3v) is 2.78. The molecule has 0 unspecified atom stereocenters. The molecule has 2 aromatic heterocycles. The average Bonchev–Trinajstić information content (AvgIpc) is 2.67. The van der Waals surface area contributed by atoms with Crippen molar-refractivity contribution < 1.29 is 4.79 Å². The first kappa shape index (κ1) is 15.0. The minimum absolute atomic E-state index is 0. The van der Waals surface area contributed by atoms with Crippen LogP contribution in [0.4, 0.5) is 5.82 Å². The monoisotopic (exact) mass is 281 g/mol. The normalized spacial score (nSPS) is 9.79. The van der Waals surface area contributed by atoms with Crippen LogP contribution in [-0.4, -0.2) is 20.7 Å². The number of anilines is 1. The van der Waals surface area contributed by atoms with Crippen LogP contribution in [0.5, 0.6) is 0 Å². The van der Waals surface area contributed by atoms with Crippen molar-refractivity contribution in [1.29, 1.82) is 0 Å². The predicted molar refractivity (Wildman–Crippen MR) is 75.0 cm³/mol. The highest BCUT2D eigenvalue weighted by atomic mass is 35.5. The Morgan fingerprint density at radius 2 is 2.21 bits per heavy atom. The van der Waals surface area contributed by atoms with Gasteiger partial charge in [0, 0.05) is 24.8 Å². The van der Waals surface area contributed by atoms with Crippen LogP contribution in [0.2, 0.25) is 0 Å². The van der Waals surface area contributed by atoms with Crippen LogP contribution in [0.1, 0.15) is 21.7 Å². The average molecular weight is 282 g/mol. The van der Waals surface area contributed by atoms with Crippen molar-refractivity contribution in [2.24, 2.45) is 7.05 Å². The van der Waals surface area contributed by atoms with E-state index < -0.39 is 0 Å². The van der Waals surface area contributed by atoms with Gasteiger partial charge in [-0.3, -0.25) is 9.48 Å². The van der Waals surface area contributed by atoms with Gasteiger partial charge in [0.05, 0.1) is 6.20 Å². The predicted octanol–water partition coefficient (Wildman–Crippen LogP) is 1.06. The smallest absolute Gasteiger partial charge is 0.270 e. The number of nitrogen functional groups attached to an aromatic ring is 1. The summed E-state index contributed by atoms with van der Waals surface area (Å²) in [5.74, 6) is 0.0887. The first-order valence-electron chi connectivity index (χ1n) is 5.56. The summed E-state index contributed by atoms with van der Waals surface area (Å²) in [7, 11) is 1.86. The molecule has 0 aliphatic carbocycles. The Balaban J connectivity index is 0.00000180. The zero-order chi connectivity index (χ0) is 13.1. The summed E-state index contributed by atoms with van der Waals surface area (Å²) >= 11 is 0. The van der Waals surface area contributed by atoms with Gasteiger partial charge in [-0.15, -0.1) is 12.4 Å². The van der Waals surface area contributed by atoms with Gasteiger partial charge < -0.3 is 11.1 Å². The number of nitrogens with zero attached hydrogens (tertiary/aromatic N) is 3. The molecule has 7 heteroatoms. The van der Waals surface area contributed by atoms with Crippen molar-refractivity contribution in [2.45, 2.75) is 13.5 Å². The fourth-order valence-corrected chi connectivity index (χ4v) is 1.56. The third kappa shape index (κ3) is 3.45. The fraction of sp³-hybridized carbons (Fsp3) is 0.250.